The van der Waals surface area contributed by atoms with Crippen LogP contribution in [-0.2, 0) is 13.2 Å². The normalized spacial score (nSPS) is 11.1. The lowest BCUT2D eigenvalue weighted by Crippen LogP contribution is -2.19. The monoisotopic (exact) mass is 327 g/mol. The molecular formula is C16H19Cl2NO2. The zero-order chi connectivity index (χ0) is 15.2. The summed E-state index contributed by atoms with van der Waals surface area (Å²) < 4.78 is 11.2. The zero-order valence-corrected chi connectivity index (χ0v) is 13.7. The van der Waals surface area contributed by atoms with Crippen molar-refractivity contribution in [1.82, 2.24) is 5.32 Å². The maximum absolute atomic E-state index is 6.10. The van der Waals surface area contributed by atoms with Gasteiger partial charge in [-0.2, -0.15) is 0 Å². The molecule has 1 N–H and O–H groups in total. The van der Waals surface area contributed by atoms with Gasteiger partial charge in [-0.05, 0) is 30.7 Å². The average molecular weight is 328 g/mol. The Morgan fingerprint density at radius 3 is 2.81 bits per heavy atom. The maximum Gasteiger partial charge on any atom is 0.139 e. The lowest BCUT2D eigenvalue weighted by atomic mass is 10.2. The van der Waals surface area contributed by atoms with Gasteiger partial charge >= 0.3 is 0 Å². The van der Waals surface area contributed by atoms with E-state index in [0.717, 1.165) is 17.9 Å². The summed E-state index contributed by atoms with van der Waals surface area (Å²) in [6.07, 6.45) is 1.67. The average Bonchev–Trinajstić information content (AvgIpc) is 2.88. The smallest absolute Gasteiger partial charge is 0.139 e. The Labute approximate surface area is 135 Å². The highest BCUT2D eigenvalue weighted by atomic mass is 35.5. The van der Waals surface area contributed by atoms with Crippen molar-refractivity contribution in [2.45, 2.75) is 27.0 Å². The Balaban J connectivity index is 1.94. The molecule has 0 aliphatic carbocycles. The molecule has 5 heteroatoms. The van der Waals surface area contributed by atoms with Gasteiger partial charge in [0.25, 0.3) is 0 Å². The summed E-state index contributed by atoms with van der Waals surface area (Å²) in [5.74, 6) is 2.06. The minimum atomic E-state index is 0.398. The Morgan fingerprint density at radius 1 is 1.24 bits per heavy atom. The Morgan fingerprint density at radius 2 is 2.05 bits per heavy atom. The van der Waals surface area contributed by atoms with Gasteiger partial charge in [-0.1, -0.05) is 43.1 Å². The third kappa shape index (κ3) is 4.67. The summed E-state index contributed by atoms with van der Waals surface area (Å²) in [6, 6.07) is 7.25. The molecule has 1 aromatic heterocycles. The standard InChI is InChI=1S/C16H19Cl2NO2/c1-11(2)8-19-9-15-12(6-7-20-15)10-21-14-5-3-4-13(17)16(14)18/h3-7,11,19H,8-10H2,1-2H3. The molecule has 2 aromatic rings. The van der Waals surface area contributed by atoms with E-state index in [1.54, 1.807) is 18.4 Å². The van der Waals surface area contributed by atoms with Crippen molar-refractivity contribution >= 4 is 23.2 Å². The van der Waals surface area contributed by atoms with Crippen LogP contribution in [0, 0.1) is 5.92 Å². The Bertz CT molecular complexity index is 581. The van der Waals surface area contributed by atoms with E-state index in [4.69, 9.17) is 32.4 Å². The second-order valence-electron chi connectivity index (χ2n) is 5.23. The van der Waals surface area contributed by atoms with Gasteiger partial charge in [0, 0.05) is 5.56 Å². The fraction of sp³-hybridized carbons (Fsp3) is 0.375. The van der Waals surface area contributed by atoms with Crippen LogP contribution >= 0.6 is 23.2 Å². The molecule has 0 radical (unpaired) electrons. The first-order chi connectivity index (χ1) is 10.1. The molecular weight excluding hydrogens is 309 g/mol. The Kier molecular flexibility index (Phi) is 5.97. The van der Waals surface area contributed by atoms with E-state index < -0.39 is 0 Å². The second kappa shape index (κ2) is 7.74. The number of halogens is 2. The first-order valence-corrected chi connectivity index (χ1v) is 7.66. The van der Waals surface area contributed by atoms with E-state index in [1.165, 1.54) is 0 Å². The van der Waals surface area contributed by atoms with Crippen LogP contribution in [0.25, 0.3) is 0 Å². The molecule has 2 rings (SSSR count). The third-order valence-electron chi connectivity index (χ3n) is 2.98. The molecule has 0 atom stereocenters. The number of rotatable bonds is 7. The van der Waals surface area contributed by atoms with Gasteiger partial charge in [0.15, 0.2) is 0 Å². The first kappa shape index (κ1) is 16.2. The van der Waals surface area contributed by atoms with E-state index in [-0.39, 0.29) is 0 Å². The number of benzene rings is 1. The number of hydrogen-bond donors (Lipinski definition) is 1. The molecule has 3 nitrogen and oxygen atoms in total. The molecule has 0 saturated carbocycles. The molecule has 0 spiro atoms. The predicted octanol–water partition coefficient (Wildman–Crippen LogP) is 4.91. The van der Waals surface area contributed by atoms with Crippen LogP contribution in [-0.4, -0.2) is 6.54 Å². The van der Waals surface area contributed by atoms with Crippen molar-refractivity contribution in [3.8, 4) is 5.75 Å². The number of nitrogens with one attached hydrogen (secondary N) is 1. The second-order valence-corrected chi connectivity index (χ2v) is 6.02. The summed E-state index contributed by atoms with van der Waals surface area (Å²) >= 11 is 12.1. The summed E-state index contributed by atoms with van der Waals surface area (Å²) in [5, 5.41) is 4.27. The van der Waals surface area contributed by atoms with E-state index in [0.29, 0.717) is 34.9 Å². The van der Waals surface area contributed by atoms with Crippen LogP contribution in [0.15, 0.2) is 34.9 Å². The van der Waals surface area contributed by atoms with Crippen molar-refractivity contribution in [3.63, 3.8) is 0 Å². The maximum atomic E-state index is 6.10. The lowest BCUT2D eigenvalue weighted by Gasteiger charge is -2.10. The van der Waals surface area contributed by atoms with Crippen LogP contribution in [0.2, 0.25) is 10.0 Å². The van der Waals surface area contributed by atoms with Gasteiger partial charge in [0.05, 0.1) is 17.8 Å². The van der Waals surface area contributed by atoms with Crippen molar-refractivity contribution < 1.29 is 9.15 Å². The number of hydrogen-bond acceptors (Lipinski definition) is 3. The van der Waals surface area contributed by atoms with E-state index >= 15 is 0 Å². The van der Waals surface area contributed by atoms with Crippen LogP contribution in [0.5, 0.6) is 5.75 Å². The molecule has 0 aliphatic heterocycles. The summed E-state index contributed by atoms with van der Waals surface area (Å²) in [4.78, 5) is 0. The highest BCUT2D eigenvalue weighted by Crippen LogP contribution is 2.32. The molecule has 0 unspecified atom stereocenters. The van der Waals surface area contributed by atoms with E-state index in [2.05, 4.69) is 19.2 Å². The highest BCUT2D eigenvalue weighted by Gasteiger charge is 2.10. The molecule has 0 saturated heterocycles. The fourth-order valence-corrected chi connectivity index (χ4v) is 2.22. The largest absolute Gasteiger partial charge is 0.487 e. The van der Waals surface area contributed by atoms with Crippen molar-refractivity contribution in [3.05, 3.63) is 51.9 Å². The van der Waals surface area contributed by atoms with Crippen molar-refractivity contribution in [2.24, 2.45) is 5.92 Å². The highest BCUT2D eigenvalue weighted by molar-refractivity contribution is 6.42. The van der Waals surface area contributed by atoms with Gasteiger partial charge in [0.2, 0.25) is 0 Å². The SMILES string of the molecule is CC(C)CNCc1occc1COc1cccc(Cl)c1Cl. The van der Waals surface area contributed by atoms with Crippen molar-refractivity contribution in [2.75, 3.05) is 6.54 Å². The van der Waals surface area contributed by atoms with Gasteiger partial charge in [-0.3, -0.25) is 0 Å². The lowest BCUT2D eigenvalue weighted by molar-refractivity contribution is 0.301. The molecule has 114 valence electrons. The number of ether oxygens (including phenoxy) is 1. The molecule has 1 aromatic carbocycles. The predicted molar refractivity (Wildman–Crippen MR) is 86.0 cm³/mol. The minimum Gasteiger partial charge on any atom is -0.487 e. The third-order valence-corrected chi connectivity index (χ3v) is 3.78. The molecule has 1 heterocycles. The van der Waals surface area contributed by atoms with Gasteiger partial charge in [-0.15, -0.1) is 0 Å². The molecule has 0 amide bonds. The summed E-state index contributed by atoms with van der Waals surface area (Å²) in [5.41, 5.74) is 1.00. The van der Waals surface area contributed by atoms with Crippen LogP contribution in [0.3, 0.4) is 0 Å². The van der Waals surface area contributed by atoms with Crippen LogP contribution in [0.4, 0.5) is 0 Å². The molecule has 0 fully saturated rings. The summed E-state index contributed by atoms with van der Waals surface area (Å²) in [6.45, 7) is 6.37. The Hall–Kier alpha value is -1.16. The van der Waals surface area contributed by atoms with E-state index in [1.807, 2.05) is 12.1 Å². The summed E-state index contributed by atoms with van der Waals surface area (Å²) in [7, 11) is 0. The first-order valence-electron chi connectivity index (χ1n) is 6.90. The number of furan rings is 1. The minimum absolute atomic E-state index is 0.398. The quantitative estimate of drug-likeness (QED) is 0.784. The van der Waals surface area contributed by atoms with E-state index in [9.17, 15) is 0 Å². The van der Waals surface area contributed by atoms with Crippen LogP contribution in [0.1, 0.15) is 25.2 Å². The molecule has 0 aliphatic rings. The topological polar surface area (TPSA) is 34.4 Å². The fourth-order valence-electron chi connectivity index (χ4n) is 1.88. The van der Waals surface area contributed by atoms with Gasteiger partial charge < -0.3 is 14.5 Å². The molecule has 21 heavy (non-hydrogen) atoms. The zero-order valence-electron chi connectivity index (χ0n) is 12.2. The van der Waals surface area contributed by atoms with Crippen molar-refractivity contribution in [1.29, 1.82) is 0 Å². The van der Waals surface area contributed by atoms with Crippen LogP contribution < -0.4 is 10.1 Å². The van der Waals surface area contributed by atoms with Gasteiger partial charge in [0.1, 0.15) is 23.1 Å². The molecule has 0 bridgehead atoms. The van der Waals surface area contributed by atoms with Gasteiger partial charge in [-0.25, -0.2) is 0 Å².